The minimum atomic E-state index is -0.191. The van der Waals surface area contributed by atoms with E-state index < -0.39 is 0 Å². The predicted molar refractivity (Wildman–Crippen MR) is 84.5 cm³/mol. The minimum absolute atomic E-state index is 0.191. The standard InChI is InChI=1S/C16H26N4O/c1-15(2)9-20(10-16(3,4)21-15)13-11-7-5-6-8-12(11)18-14(17)19-13/h5-10H2,1-4H3,(H2,17,18,19). The summed E-state index contributed by atoms with van der Waals surface area (Å²) in [7, 11) is 0. The predicted octanol–water partition coefficient (Wildman–Crippen LogP) is 2.33. The van der Waals surface area contributed by atoms with Crippen molar-refractivity contribution in [1.82, 2.24) is 9.97 Å². The van der Waals surface area contributed by atoms with Crippen LogP contribution < -0.4 is 10.6 Å². The molecular weight excluding hydrogens is 264 g/mol. The fraction of sp³-hybridized carbons (Fsp3) is 0.750. The molecule has 0 atom stereocenters. The molecule has 0 spiro atoms. The summed E-state index contributed by atoms with van der Waals surface area (Å²) >= 11 is 0. The van der Waals surface area contributed by atoms with E-state index >= 15 is 0 Å². The summed E-state index contributed by atoms with van der Waals surface area (Å²) in [6.07, 6.45) is 4.49. The van der Waals surface area contributed by atoms with Crippen LogP contribution in [0.1, 0.15) is 51.8 Å². The van der Waals surface area contributed by atoms with Crippen LogP contribution in [0.5, 0.6) is 0 Å². The molecule has 5 nitrogen and oxygen atoms in total. The second-order valence-corrected chi connectivity index (χ2v) is 7.52. The largest absolute Gasteiger partial charge is 0.368 e. The van der Waals surface area contributed by atoms with E-state index in [0.717, 1.165) is 37.4 Å². The second-order valence-electron chi connectivity index (χ2n) is 7.52. The summed E-state index contributed by atoms with van der Waals surface area (Å²) in [5.74, 6) is 1.43. The van der Waals surface area contributed by atoms with E-state index in [4.69, 9.17) is 10.5 Å². The van der Waals surface area contributed by atoms with E-state index in [1.54, 1.807) is 0 Å². The molecule has 0 saturated carbocycles. The van der Waals surface area contributed by atoms with E-state index in [1.807, 2.05) is 0 Å². The van der Waals surface area contributed by atoms with Crippen molar-refractivity contribution in [3.8, 4) is 0 Å². The summed E-state index contributed by atoms with van der Waals surface area (Å²) in [6.45, 7) is 10.2. The third-order valence-corrected chi connectivity index (χ3v) is 4.17. The Kier molecular flexibility index (Phi) is 3.35. The number of rotatable bonds is 1. The van der Waals surface area contributed by atoms with Gasteiger partial charge in [-0.15, -0.1) is 0 Å². The highest BCUT2D eigenvalue weighted by atomic mass is 16.5. The minimum Gasteiger partial charge on any atom is -0.368 e. The van der Waals surface area contributed by atoms with Crippen molar-refractivity contribution in [3.05, 3.63) is 11.3 Å². The number of anilines is 2. The van der Waals surface area contributed by atoms with E-state index in [9.17, 15) is 0 Å². The van der Waals surface area contributed by atoms with Crippen LogP contribution in [0.3, 0.4) is 0 Å². The van der Waals surface area contributed by atoms with Gasteiger partial charge in [-0.1, -0.05) is 0 Å². The van der Waals surface area contributed by atoms with Crippen LogP contribution in [0.15, 0.2) is 0 Å². The first-order valence-corrected chi connectivity index (χ1v) is 7.86. The van der Waals surface area contributed by atoms with E-state index in [0.29, 0.717) is 5.95 Å². The van der Waals surface area contributed by atoms with Gasteiger partial charge in [-0.05, 0) is 53.4 Å². The number of nitrogens with two attached hydrogens (primary N) is 1. The Morgan fingerprint density at radius 2 is 1.62 bits per heavy atom. The van der Waals surface area contributed by atoms with Gasteiger partial charge in [-0.25, -0.2) is 4.98 Å². The number of fused-ring (bicyclic) bond motifs is 1. The SMILES string of the molecule is CC1(C)CN(c2nc(N)nc3c2CCCC3)CC(C)(C)O1. The maximum atomic E-state index is 6.17. The average Bonchev–Trinajstić information content (AvgIpc) is 2.34. The quantitative estimate of drug-likeness (QED) is 0.860. The molecule has 21 heavy (non-hydrogen) atoms. The molecule has 5 heteroatoms. The van der Waals surface area contributed by atoms with Crippen LogP contribution in [0.2, 0.25) is 0 Å². The first-order valence-electron chi connectivity index (χ1n) is 7.86. The third-order valence-electron chi connectivity index (χ3n) is 4.17. The van der Waals surface area contributed by atoms with Crippen molar-refractivity contribution in [2.24, 2.45) is 0 Å². The number of morpholine rings is 1. The monoisotopic (exact) mass is 290 g/mol. The van der Waals surface area contributed by atoms with Crippen LogP contribution in [-0.2, 0) is 17.6 Å². The van der Waals surface area contributed by atoms with Gasteiger partial charge in [0.05, 0.1) is 16.9 Å². The van der Waals surface area contributed by atoms with Crippen molar-refractivity contribution >= 4 is 11.8 Å². The molecule has 2 aliphatic rings. The lowest BCUT2D eigenvalue weighted by atomic mass is 9.94. The molecule has 0 bridgehead atoms. The number of hydrogen-bond donors (Lipinski definition) is 1. The van der Waals surface area contributed by atoms with Crippen molar-refractivity contribution < 1.29 is 4.74 Å². The Hall–Kier alpha value is -1.36. The normalized spacial score (nSPS) is 23.7. The van der Waals surface area contributed by atoms with E-state index in [2.05, 4.69) is 42.6 Å². The van der Waals surface area contributed by atoms with Crippen LogP contribution in [0.25, 0.3) is 0 Å². The number of nitrogen functional groups attached to an aromatic ring is 1. The number of ether oxygens (including phenoxy) is 1. The number of aromatic nitrogens is 2. The molecule has 0 radical (unpaired) electrons. The number of hydrogen-bond acceptors (Lipinski definition) is 5. The van der Waals surface area contributed by atoms with Crippen LogP contribution in [-0.4, -0.2) is 34.3 Å². The van der Waals surface area contributed by atoms with Gasteiger partial charge in [0.15, 0.2) is 0 Å². The molecule has 0 unspecified atom stereocenters. The molecule has 1 aromatic heterocycles. The summed E-state index contributed by atoms with van der Waals surface area (Å²) < 4.78 is 6.17. The fourth-order valence-electron chi connectivity index (χ4n) is 3.79. The van der Waals surface area contributed by atoms with Crippen molar-refractivity contribution in [2.75, 3.05) is 23.7 Å². The number of aryl methyl sites for hydroxylation is 1. The molecule has 1 aliphatic heterocycles. The molecule has 116 valence electrons. The molecule has 1 aromatic rings. The smallest absolute Gasteiger partial charge is 0.222 e. The maximum Gasteiger partial charge on any atom is 0.222 e. The highest BCUT2D eigenvalue weighted by molar-refractivity contribution is 5.53. The Balaban J connectivity index is 2.01. The van der Waals surface area contributed by atoms with Crippen molar-refractivity contribution in [3.63, 3.8) is 0 Å². The van der Waals surface area contributed by atoms with Gasteiger partial charge >= 0.3 is 0 Å². The lowest BCUT2D eigenvalue weighted by molar-refractivity contribution is -0.133. The molecule has 1 fully saturated rings. The van der Waals surface area contributed by atoms with Crippen molar-refractivity contribution in [2.45, 2.75) is 64.6 Å². The Morgan fingerprint density at radius 3 is 2.29 bits per heavy atom. The second kappa shape index (κ2) is 4.83. The van der Waals surface area contributed by atoms with E-state index in [1.165, 1.54) is 18.4 Å². The molecule has 1 aliphatic carbocycles. The zero-order valence-electron chi connectivity index (χ0n) is 13.6. The summed E-state index contributed by atoms with van der Waals surface area (Å²) in [6, 6.07) is 0. The first-order chi connectivity index (χ1) is 9.76. The highest BCUT2D eigenvalue weighted by Crippen LogP contribution is 2.35. The lowest BCUT2D eigenvalue weighted by Gasteiger charge is -2.48. The lowest BCUT2D eigenvalue weighted by Crippen LogP contribution is -2.57. The molecular formula is C16H26N4O. The first kappa shape index (κ1) is 14.6. The van der Waals surface area contributed by atoms with Crippen LogP contribution in [0, 0.1) is 0 Å². The van der Waals surface area contributed by atoms with Crippen LogP contribution in [0.4, 0.5) is 11.8 Å². The molecule has 0 aromatic carbocycles. The van der Waals surface area contributed by atoms with Crippen molar-refractivity contribution in [1.29, 1.82) is 0 Å². The summed E-state index contributed by atoms with van der Waals surface area (Å²) in [4.78, 5) is 11.4. The van der Waals surface area contributed by atoms with Gasteiger partial charge in [-0.2, -0.15) is 4.98 Å². The fourth-order valence-corrected chi connectivity index (χ4v) is 3.79. The average molecular weight is 290 g/mol. The van der Waals surface area contributed by atoms with Crippen LogP contribution >= 0.6 is 0 Å². The molecule has 2 heterocycles. The summed E-state index contributed by atoms with van der Waals surface area (Å²) in [5.41, 5.74) is 8.00. The Morgan fingerprint density at radius 1 is 1.00 bits per heavy atom. The summed E-state index contributed by atoms with van der Waals surface area (Å²) in [5, 5.41) is 0. The third kappa shape index (κ3) is 2.98. The molecule has 3 rings (SSSR count). The Bertz CT molecular complexity index is 537. The zero-order valence-corrected chi connectivity index (χ0v) is 13.6. The molecule has 2 N–H and O–H groups in total. The van der Waals surface area contributed by atoms with Gasteiger partial charge in [-0.3, -0.25) is 0 Å². The molecule has 1 saturated heterocycles. The molecule has 0 amide bonds. The van der Waals surface area contributed by atoms with Gasteiger partial charge in [0, 0.05) is 18.7 Å². The Labute approximate surface area is 126 Å². The van der Waals surface area contributed by atoms with Gasteiger partial charge in [0.2, 0.25) is 5.95 Å². The van der Waals surface area contributed by atoms with Gasteiger partial charge in [0.1, 0.15) is 5.82 Å². The maximum absolute atomic E-state index is 6.17. The van der Waals surface area contributed by atoms with Gasteiger partial charge < -0.3 is 15.4 Å². The van der Waals surface area contributed by atoms with E-state index in [-0.39, 0.29) is 11.2 Å². The topological polar surface area (TPSA) is 64.3 Å². The van der Waals surface area contributed by atoms with Gasteiger partial charge in [0.25, 0.3) is 0 Å². The zero-order chi connectivity index (χ0) is 15.3. The number of nitrogens with zero attached hydrogens (tertiary/aromatic N) is 3. The highest BCUT2D eigenvalue weighted by Gasteiger charge is 2.39.